The van der Waals surface area contributed by atoms with E-state index in [2.05, 4.69) is 0 Å². The lowest BCUT2D eigenvalue weighted by atomic mass is 9.66. The van der Waals surface area contributed by atoms with Crippen LogP contribution in [0.3, 0.4) is 0 Å². The molecule has 1 unspecified atom stereocenters. The van der Waals surface area contributed by atoms with Gasteiger partial charge in [0.15, 0.2) is 0 Å². The Balaban J connectivity index is 1.88. The number of carbonyl (C=O) groups is 2. The first-order valence-electron chi connectivity index (χ1n) is 12.7. The zero-order chi connectivity index (χ0) is 26.3. The fourth-order valence-corrected chi connectivity index (χ4v) is 6.39. The second-order valence-electron chi connectivity index (χ2n) is 11.1. The lowest BCUT2D eigenvalue weighted by molar-refractivity contribution is -0.162. The Morgan fingerprint density at radius 3 is 2.36 bits per heavy atom. The third kappa shape index (κ3) is 5.58. The van der Waals surface area contributed by atoms with Crippen molar-refractivity contribution in [3.8, 4) is 0 Å². The summed E-state index contributed by atoms with van der Waals surface area (Å²) in [5, 5.41) is 22.3. The van der Waals surface area contributed by atoms with Crippen molar-refractivity contribution in [3.05, 3.63) is 69.7 Å². The summed E-state index contributed by atoms with van der Waals surface area (Å²) >= 11 is 12.6. The van der Waals surface area contributed by atoms with Crippen LogP contribution in [0.25, 0.3) is 0 Å². The van der Waals surface area contributed by atoms with Crippen molar-refractivity contribution in [1.82, 2.24) is 4.90 Å². The van der Waals surface area contributed by atoms with Crippen LogP contribution in [0.1, 0.15) is 82.4 Å². The van der Waals surface area contributed by atoms with E-state index >= 15 is 0 Å². The van der Waals surface area contributed by atoms with Gasteiger partial charge in [-0.15, -0.1) is 0 Å². The summed E-state index contributed by atoms with van der Waals surface area (Å²) in [5.41, 5.74) is -0.0989. The Morgan fingerprint density at radius 1 is 1.14 bits per heavy atom. The number of carbonyl (C=O) groups excluding carboxylic acids is 1. The summed E-state index contributed by atoms with van der Waals surface area (Å²) < 4.78 is 0. The van der Waals surface area contributed by atoms with E-state index in [0.29, 0.717) is 29.3 Å². The smallest absolute Gasteiger partial charge is 0.304 e. The molecule has 1 saturated heterocycles. The molecule has 1 amide bonds. The van der Waals surface area contributed by atoms with E-state index in [9.17, 15) is 19.8 Å². The molecule has 4 rings (SSSR count). The SMILES string of the molecule is CC[C@@H](CC(C)(O)C1CC1)N1C(=O)[C@@](C)(CC(=O)O)C[C@H](c2cccc(Cl)c2)[C@H]1c1ccc(Cl)cc1. The average molecular weight is 533 g/mol. The minimum Gasteiger partial charge on any atom is -0.481 e. The molecule has 7 heteroatoms. The third-order valence-corrected chi connectivity index (χ3v) is 8.59. The summed E-state index contributed by atoms with van der Waals surface area (Å²) in [7, 11) is 0. The molecule has 1 aliphatic heterocycles. The number of carboxylic acids is 1. The number of aliphatic carboxylic acids is 1. The molecular formula is C29H35Cl2NO4. The Hall–Kier alpha value is -2.08. The summed E-state index contributed by atoms with van der Waals surface area (Å²) in [6.07, 6.45) is 3.17. The molecule has 5 nitrogen and oxygen atoms in total. The maximum Gasteiger partial charge on any atom is 0.304 e. The number of nitrogens with zero attached hydrogens (tertiary/aromatic N) is 1. The van der Waals surface area contributed by atoms with Crippen LogP contribution in [0.15, 0.2) is 48.5 Å². The number of benzene rings is 2. The van der Waals surface area contributed by atoms with Gasteiger partial charge >= 0.3 is 5.97 Å². The van der Waals surface area contributed by atoms with Crippen molar-refractivity contribution < 1.29 is 19.8 Å². The van der Waals surface area contributed by atoms with Gasteiger partial charge in [-0.05, 0) is 80.3 Å². The minimum atomic E-state index is -1.10. The van der Waals surface area contributed by atoms with E-state index in [1.54, 1.807) is 6.92 Å². The van der Waals surface area contributed by atoms with Crippen LogP contribution in [0, 0.1) is 11.3 Å². The number of hydrogen-bond donors (Lipinski definition) is 2. The highest BCUT2D eigenvalue weighted by molar-refractivity contribution is 6.30. The van der Waals surface area contributed by atoms with Crippen molar-refractivity contribution >= 4 is 35.1 Å². The van der Waals surface area contributed by atoms with Gasteiger partial charge in [0, 0.05) is 22.0 Å². The van der Waals surface area contributed by atoms with E-state index < -0.39 is 17.0 Å². The zero-order valence-corrected chi connectivity index (χ0v) is 22.6. The van der Waals surface area contributed by atoms with Gasteiger partial charge in [0.1, 0.15) is 0 Å². The lowest BCUT2D eigenvalue weighted by Crippen LogP contribution is -2.57. The van der Waals surface area contributed by atoms with E-state index in [1.807, 2.05) is 67.3 Å². The number of aliphatic hydroxyl groups is 1. The number of rotatable bonds is 9. The van der Waals surface area contributed by atoms with E-state index in [1.165, 1.54) is 0 Å². The van der Waals surface area contributed by atoms with Gasteiger partial charge in [-0.25, -0.2) is 0 Å². The second kappa shape index (κ2) is 10.4. The molecule has 2 fully saturated rings. The summed E-state index contributed by atoms with van der Waals surface area (Å²) in [6, 6.07) is 14.5. The van der Waals surface area contributed by atoms with E-state index in [4.69, 9.17) is 23.2 Å². The highest BCUT2D eigenvalue weighted by Crippen LogP contribution is 2.53. The first-order valence-corrected chi connectivity index (χ1v) is 13.5. The van der Waals surface area contributed by atoms with Crippen molar-refractivity contribution in [2.24, 2.45) is 11.3 Å². The van der Waals surface area contributed by atoms with Crippen LogP contribution in [-0.4, -0.2) is 38.6 Å². The average Bonchev–Trinajstić information content (AvgIpc) is 3.66. The van der Waals surface area contributed by atoms with Gasteiger partial charge < -0.3 is 15.1 Å². The molecule has 1 saturated carbocycles. The number of hydrogen-bond acceptors (Lipinski definition) is 3. The normalized spacial score (nSPS) is 26.9. The Kier molecular flexibility index (Phi) is 7.76. The first-order chi connectivity index (χ1) is 16.9. The quantitative estimate of drug-likeness (QED) is 0.370. The van der Waals surface area contributed by atoms with Crippen molar-refractivity contribution in [1.29, 1.82) is 0 Å². The fourth-order valence-electron chi connectivity index (χ4n) is 6.07. The van der Waals surface area contributed by atoms with Gasteiger partial charge in [-0.2, -0.15) is 0 Å². The van der Waals surface area contributed by atoms with Crippen LogP contribution in [0.2, 0.25) is 10.0 Å². The predicted octanol–water partition coefficient (Wildman–Crippen LogP) is 6.86. The maximum atomic E-state index is 14.3. The lowest BCUT2D eigenvalue weighted by Gasteiger charge is -2.52. The van der Waals surface area contributed by atoms with Crippen LogP contribution in [-0.2, 0) is 9.59 Å². The van der Waals surface area contributed by atoms with Crippen molar-refractivity contribution in [2.75, 3.05) is 0 Å². The van der Waals surface area contributed by atoms with Gasteiger partial charge in [-0.3, -0.25) is 9.59 Å². The third-order valence-electron chi connectivity index (χ3n) is 8.10. The number of likely N-dealkylation sites (tertiary alicyclic amines) is 1. The molecule has 1 heterocycles. The van der Waals surface area contributed by atoms with Crippen molar-refractivity contribution in [2.45, 2.75) is 82.9 Å². The van der Waals surface area contributed by atoms with Gasteiger partial charge in [0.05, 0.1) is 23.5 Å². The highest BCUT2D eigenvalue weighted by atomic mass is 35.5. The minimum absolute atomic E-state index is 0.179. The molecule has 2 N–H and O–H groups in total. The summed E-state index contributed by atoms with van der Waals surface area (Å²) in [4.78, 5) is 28.1. The van der Waals surface area contributed by atoms with E-state index in [0.717, 1.165) is 24.0 Å². The number of halogens is 2. The van der Waals surface area contributed by atoms with Gasteiger partial charge in [-0.1, -0.05) is 61.3 Å². The monoisotopic (exact) mass is 531 g/mol. The zero-order valence-electron chi connectivity index (χ0n) is 21.1. The summed E-state index contributed by atoms with van der Waals surface area (Å²) in [5.74, 6) is -1.14. The largest absolute Gasteiger partial charge is 0.481 e. The molecule has 2 aromatic rings. The number of amides is 1. The molecule has 194 valence electrons. The van der Waals surface area contributed by atoms with Gasteiger partial charge in [0.2, 0.25) is 5.91 Å². The molecule has 0 aromatic heterocycles. The summed E-state index contributed by atoms with van der Waals surface area (Å²) in [6.45, 7) is 5.65. The van der Waals surface area contributed by atoms with Gasteiger partial charge in [0.25, 0.3) is 0 Å². The van der Waals surface area contributed by atoms with Crippen LogP contribution in [0.4, 0.5) is 0 Å². The molecule has 1 aliphatic carbocycles. The van der Waals surface area contributed by atoms with Crippen molar-refractivity contribution in [3.63, 3.8) is 0 Å². The fraction of sp³-hybridized carbons (Fsp3) is 0.517. The first kappa shape index (κ1) is 27.0. The predicted molar refractivity (Wildman–Crippen MR) is 142 cm³/mol. The van der Waals surface area contributed by atoms with Crippen LogP contribution >= 0.6 is 23.2 Å². The second-order valence-corrected chi connectivity index (χ2v) is 12.0. The molecular weight excluding hydrogens is 497 g/mol. The molecule has 5 atom stereocenters. The molecule has 36 heavy (non-hydrogen) atoms. The topological polar surface area (TPSA) is 77.8 Å². The standard InChI is InChI=1S/C29H35Cl2NO4/c1-4-23(15-29(3,36)20-10-11-20)32-26(18-8-12-21(30)13-9-18)24(19-6-5-7-22(31)14-19)16-28(2,27(32)35)17-25(33)34/h5-9,12-14,20,23-24,26,36H,4,10-11,15-17H2,1-3H3,(H,33,34)/t23-,24+,26+,28+,29?/m0/s1. The number of piperidine rings is 1. The highest BCUT2D eigenvalue weighted by Gasteiger charge is 2.53. The molecule has 2 aromatic carbocycles. The van der Waals surface area contributed by atoms with Crippen LogP contribution in [0.5, 0.6) is 0 Å². The Bertz CT molecular complexity index is 1110. The molecule has 2 aliphatic rings. The van der Waals surface area contributed by atoms with E-state index in [-0.39, 0.29) is 36.2 Å². The molecule has 0 spiro atoms. The maximum absolute atomic E-state index is 14.3. The molecule has 0 bridgehead atoms. The molecule has 0 radical (unpaired) electrons. The number of carboxylic acid groups (broad SMARTS) is 1. The Labute approximate surface area is 223 Å². The van der Waals surface area contributed by atoms with Crippen LogP contribution < -0.4 is 0 Å². The Morgan fingerprint density at radius 2 is 1.81 bits per heavy atom.